The minimum atomic E-state index is -0.250. The molecule has 0 saturated carbocycles. The Morgan fingerprint density at radius 3 is 2.70 bits per heavy atom. The number of hydrogen-bond donors (Lipinski definition) is 3. The van der Waals surface area contributed by atoms with Gasteiger partial charge in [-0.2, -0.15) is 5.10 Å². The van der Waals surface area contributed by atoms with E-state index < -0.39 is 0 Å². The monoisotopic (exact) mass is 377 g/mol. The molecule has 4 N–H and O–H groups in total. The Hall–Kier alpha value is -2.54. The summed E-state index contributed by atoms with van der Waals surface area (Å²) >= 11 is 3.25. The highest BCUT2D eigenvalue weighted by molar-refractivity contribution is 9.10. The Kier molecular flexibility index (Phi) is 5.59. The molecule has 0 aromatic heterocycles. The minimum absolute atomic E-state index is 0.0235. The van der Waals surface area contributed by atoms with Crippen LogP contribution in [0.3, 0.4) is 0 Å². The van der Waals surface area contributed by atoms with E-state index >= 15 is 0 Å². The van der Waals surface area contributed by atoms with Crippen molar-refractivity contribution in [3.8, 4) is 11.5 Å². The summed E-state index contributed by atoms with van der Waals surface area (Å²) in [6, 6.07) is 10.4. The third-order valence-electron chi connectivity index (χ3n) is 3.07. The summed E-state index contributed by atoms with van der Waals surface area (Å²) < 4.78 is 5.43. The van der Waals surface area contributed by atoms with Gasteiger partial charge < -0.3 is 15.6 Å². The van der Waals surface area contributed by atoms with Crippen LogP contribution in [0.5, 0.6) is 11.5 Å². The van der Waals surface area contributed by atoms with Crippen molar-refractivity contribution in [3.63, 3.8) is 0 Å². The van der Waals surface area contributed by atoms with E-state index in [1.54, 1.807) is 36.4 Å². The predicted octanol–water partition coefficient (Wildman–Crippen LogP) is 2.44. The molecule has 23 heavy (non-hydrogen) atoms. The largest absolute Gasteiger partial charge is 0.503 e. The van der Waals surface area contributed by atoms with Gasteiger partial charge in [-0.1, -0.05) is 12.1 Å². The van der Waals surface area contributed by atoms with Gasteiger partial charge in [0.05, 0.1) is 24.2 Å². The van der Waals surface area contributed by atoms with E-state index in [1.807, 2.05) is 0 Å². The van der Waals surface area contributed by atoms with Crippen LogP contribution in [0.25, 0.3) is 0 Å². The van der Waals surface area contributed by atoms with E-state index in [-0.39, 0.29) is 18.1 Å². The fraction of sp³-hybridized carbons (Fsp3) is 0.125. The van der Waals surface area contributed by atoms with Gasteiger partial charge in [0.15, 0.2) is 11.5 Å². The van der Waals surface area contributed by atoms with Gasteiger partial charge in [-0.15, -0.1) is 0 Å². The van der Waals surface area contributed by atoms with E-state index in [2.05, 4.69) is 26.5 Å². The second-order valence-corrected chi connectivity index (χ2v) is 5.52. The van der Waals surface area contributed by atoms with E-state index in [1.165, 1.54) is 13.3 Å². The molecule has 6 nitrogen and oxygen atoms in total. The van der Waals surface area contributed by atoms with Crippen molar-refractivity contribution >= 4 is 33.7 Å². The van der Waals surface area contributed by atoms with Crippen LogP contribution in [0.15, 0.2) is 46.0 Å². The van der Waals surface area contributed by atoms with Crippen LogP contribution in [-0.4, -0.2) is 24.3 Å². The molecule has 7 heteroatoms. The smallest absolute Gasteiger partial charge is 0.244 e. The van der Waals surface area contributed by atoms with Crippen molar-refractivity contribution in [2.24, 2.45) is 5.10 Å². The number of nitrogens with zero attached hydrogens (tertiary/aromatic N) is 1. The number of rotatable bonds is 5. The Morgan fingerprint density at radius 2 is 2.04 bits per heavy atom. The van der Waals surface area contributed by atoms with Crippen molar-refractivity contribution in [1.29, 1.82) is 0 Å². The summed E-state index contributed by atoms with van der Waals surface area (Å²) in [7, 11) is 1.46. The number of nitrogen functional groups attached to an aromatic ring is 1. The van der Waals surface area contributed by atoms with Gasteiger partial charge in [0.25, 0.3) is 0 Å². The highest BCUT2D eigenvalue weighted by Gasteiger charge is 2.09. The Bertz CT molecular complexity index is 730. The number of phenols is 1. The van der Waals surface area contributed by atoms with Crippen molar-refractivity contribution in [2.75, 3.05) is 12.8 Å². The maximum atomic E-state index is 11.8. The van der Waals surface area contributed by atoms with Gasteiger partial charge in [-0.05, 0) is 45.8 Å². The van der Waals surface area contributed by atoms with Crippen LogP contribution in [0.1, 0.15) is 11.1 Å². The fourth-order valence-corrected chi connectivity index (χ4v) is 2.29. The second-order valence-electron chi connectivity index (χ2n) is 4.73. The lowest BCUT2D eigenvalue weighted by atomic mass is 10.1. The van der Waals surface area contributed by atoms with Crippen molar-refractivity contribution in [1.82, 2.24) is 5.43 Å². The molecular weight excluding hydrogens is 362 g/mol. The summed E-state index contributed by atoms with van der Waals surface area (Å²) in [4.78, 5) is 11.8. The molecule has 0 radical (unpaired) electrons. The SMILES string of the molecule is COc1ccc(/C=N\NC(=O)Cc2ccc(N)cc2)c(Br)c1O. The number of aromatic hydroxyl groups is 1. The number of hydrogen-bond acceptors (Lipinski definition) is 5. The lowest BCUT2D eigenvalue weighted by Crippen LogP contribution is -2.19. The maximum absolute atomic E-state index is 11.8. The van der Waals surface area contributed by atoms with Crippen molar-refractivity contribution < 1.29 is 14.6 Å². The van der Waals surface area contributed by atoms with Gasteiger partial charge in [0.1, 0.15) is 0 Å². The lowest BCUT2D eigenvalue weighted by Gasteiger charge is -2.07. The number of nitrogens with two attached hydrogens (primary N) is 1. The molecule has 0 spiro atoms. The number of halogens is 1. The number of hydrazone groups is 1. The average Bonchev–Trinajstić information content (AvgIpc) is 2.54. The number of carbonyl (C=O) groups excluding carboxylic acids is 1. The minimum Gasteiger partial charge on any atom is -0.503 e. The standard InChI is InChI=1S/C16H16BrN3O3/c1-23-13-7-4-11(15(17)16(13)22)9-19-20-14(21)8-10-2-5-12(18)6-3-10/h2-7,9,22H,8,18H2,1H3,(H,20,21)/b19-9-. The zero-order valence-corrected chi connectivity index (χ0v) is 14.0. The highest BCUT2D eigenvalue weighted by Crippen LogP contribution is 2.35. The molecule has 0 aliphatic carbocycles. The molecule has 0 aliphatic rings. The van der Waals surface area contributed by atoms with Gasteiger partial charge in [-0.3, -0.25) is 4.79 Å². The van der Waals surface area contributed by atoms with Crippen LogP contribution in [0, 0.1) is 0 Å². The number of nitrogens with one attached hydrogen (secondary N) is 1. The Morgan fingerprint density at radius 1 is 1.35 bits per heavy atom. The molecule has 2 rings (SSSR count). The van der Waals surface area contributed by atoms with Gasteiger partial charge in [0, 0.05) is 11.3 Å². The Labute approximate surface area is 142 Å². The van der Waals surface area contributed by atoms with E-state index in [0.717, 1.165) is 5.56 Å². The fourth-order valence-electron chi connectivity index (χ4n) is 1.86. The molecule has 0 heterocycles. The predicted molar refractivity (Wildman–Crippen MR) is 92.7 cm³/mol. The van der Waals surface area contributed by atoms with Crippen LogP contribution in [0.4, 0.5) is 5.69 Å². The van der Waals surface area contributed by atoms with E-state index in [4.69, 9.17) is 10.5 Å². The van der Waals surface area contributed by atoms with Crippen LogP contribution >= 0.6 is 15.9 Å². The molecule has 120 valence electrons. The van der Waals surface area contributed by atoms with Crippen LogP contribution in [-0.2, 0) is 11.2 Å². The molecule has 1 amide bonds. The number of ether oxygens (including phenoxy) is 1. The van der Waals surface area contributed by atoms with Crippen molar-refractivity contribution in [3.05, 3.63) is 52.0 Å². The second kappa shape index (κ2) is 7.64. The number of carbonyl (C=O) groups is 1. The molecule has 0 unspecified atom stereocenters. The zero-order valence-electron chi connectivity index (χ0n) is 12.4. The number of amides is 1. The number of anilines is 1. The number of phenolic OH excluding ortho intramolecular Hbond substituents is 1. The van der Waals surface area contributed by atoms with E-state index in [0.29, 0.717) is 21.5 Å². The topological polar surface area (TPSA) is 96.9 Å². The Balaban J connectivity index is 1.97. The summed E-state index contributed by atoms with van der Waals surface area (Å²) in [5, 5.41) is 13.8. The lowest BCUT2D eigenvalue weighted by molar-refractivity contribution is -0.120. The average molecular weight is 378 g/mol. The third-order valence-corrected chi connectivity index (χ3v) is 3.90. The zero-order chi connectivity index (χ0) is 16.8. The molecule has 0 aliphatic heterocycles. The summed E-state index contributed by atoms with van der Waals surface area (Å²) in [6.07, 6.45) is 1.64. The molecular formula is C16H16BrN3O3. The molecule has 0 fully saturated rings. The third kappa shape index (κ3) is 4.46. The first-order chi connectivity index (χ1) is 11.0. The summed E-state index contributed by atoms with van der Waals surface area (Å²) in [6.45, 7) is 0. The van der Waals surface area contributed by atoms with Gasteiger partial charge in [0.2, 0.25) is 5.91 Å². The molecule has 0 atom stereocenters. The quantitative estimate of drug-likeness (QED) is 0.423. The summed E-state index contributed by atoms with van der Waals surface area (Å²) in [5.74, 6) is 0.0749. The van der Waals surface area contributed by atoms with Gasteiger partial charge in [-0.25, -0.2) is 5.43 Å². The molecule has 0 bridgehead atoms. The summed E-state index contributed by atoms with van der Waals surface area (Å²) in [5.41, 5.74) is 10.1. The van der Waals surface area contributed by atoms with E-state index in [9.17, 15) is 9.90 Å². The number of benzene rings is 2. The molecule has 2 aromatic carbocycles. The van der Waals surface area contributed by atoms with Crippen LogP contribution in [0.2, 0.25) is 0 Å². The highest BCUT2D eigenvalue weighted by atomic mass is 79.9. The first-order valence-corrected chi connectivity index (χ1v) is 7.52. The normalized spacial score (nSPS) is 10.7. The molecule has 0 saturated heterocycles. The first kappa shape index (κ1) is 16.8. The first-order valence-electron chi connectivity index (χ1n) is 6.73. The maximum Gasteiger partial charge on any atom is 0.244 e. The van der Waals surface area contributed by atoms with Gasteiger partial charge >= 0.3 is 0 Å². The number of methoxy groups -OCH3 is 1. The molecule has 2 aromatic rings. The van der Waals surface area contributed by atoms with Crippen molar-refractivity contribution in [2.45, 2.75) is 6.42 Å². The van der Waals surface area contributed by atoms with Crippen LogP contribution < -0.4 is 15.9 Å².